The Morgan fingerprint density at radius 1 is 0.947 bits per heavy atom. The lowest BCUT2D eigenvalue weighted by atomic mass is 10.0. The summed E-state index contributed by atoms with van der Waals surface area (Å²) in [5.74, 6) is 0.892. The quantitative estimate of drug-likeness (QED) is 0.882. The Kier molecular flexibility index (Phi) is 4.58. The molecule has 19 heavy (non-hydrogen) atoms. The molecule has 0 aliphatic rings. The first-order valence-corrected chi connectivity index (χ1v) is 6.63. The van der Waals surface area contributed by atoms with Crippen molar-refractivity contribution in [3.8, 4) is 16.9 Å². The van der Waals surface area contributed by atoms with Gasteiger partial charge >= 0.3 is 0 Å². The third kappa shape index (κ3) is 3.58. The molecular weight excluding hydrogens is 234 g/mol. The van der Waals surface area contributed by atoms with Crippen LogP contribution in [0.2, 0.25) is 0 Å². The lowest BCUT2D eigenvalue weighted by Crippen LogP contribution is -2.23. The predicted molar refractivity (Wildman–Crippen MR) is 80.7 cm³/mol. The average Bonchev–Trinajstić information content (AvgIpc) is 2.48. The first-order valence-electron chi connectivity index (χ1n) is 6.63. The number of likely N-dealkylation sites (N-methyl/N-ethyl adjacent to an activating group) is 1. The summed E-state index contributed by atoms with van der Waals surface area (Å²) in [4.78, 5) is 0. The minimum absolute atomic E-state index is 0.506. The molecule has 0 saturated carbocycles. The minimum Gasteiger partial charge on any atom is -0.497 e. The Labute approximate surface area is 115 Å². The van der Waals surface area contributed by atoms with Gasteiger partial charge in [-0.2, -0.15) is 0 Å². The summed E-state index contributed by atoms with van der Waals surface area (Å²) in [6.07, 6.45) is 1.05. The van der Waals surface area contributed by atoms with E-state index in [0.29, 0.717) is 6.04 Å². The van der Waals surface area contributed by atoms with Crippen molar-refractivity contribution in [2.75, 3.05) is 14.2 Å². The van der Waals surface area contributed by atoms with E-state index in [4.69, 9.17) is 4.74 Å². The molecule has 0 aliphatic heterocycles. The van der Waals surface area contributed by atoms with Gasteiger partial charge in [0.1, 0.15) is 5.75 Å². The predicted octanol–water partition coefficient (Wildman–Crippen LogP) is 3.51. The summed E-state index contributed by atoms with van der Waals surface area (Å²) < 4.78 is 5.17. The van der Waals surface area contributed by atoms with Crippen LogP contribution in [0.15, 0.2) is 48.5 Å². The molecule has 2 heteroatoms. The zero-order chi connectivity index (χ0) is 13.7. The number of ether oxygens (including phenoxy) is 1. The van der Waals surface area contributed by atoms with Gasteiger partial charge in [0.05, 0.1) is 7.11 Å². The molecule has 0 aromatic heterocycles. The van der Waals surface area contributed by atoms with Crippen LogP contribution in [-0.4, -0.2) is 20.2 Å². The third-order valence-corrected chi connectivity index (χ3v) is 3.41. The maximum atomic E-state index is 5.17. The molecule has 0 radical (unpaired) electrons. The lowest BCUT2D eigenvalue weighted by molar-refractivity contribution is 0.415. The van der Waals surface area contributed by atoms with Crippen LogP contribution in [-0.2, 0) is 6.42 Å². The molecule has 1 unspecified atom stereocenters. The molecular formula is C17H21NO. The van der Waals surface area contributed by atoms with E-state index in [2.05, 4.69) is 48.6 Å². The van der Waals surface area contributed by atoms with Crippen molar-refractivity contribution in [1.29, 1.82) is 0 Å². The van der Waals surface area contributed by atoms with Crippen molar-refractivity contribution in [3.05, 3.63) is 54.1 Å². The third-order valence-electron chi connectivity index (χ3n) is 3.41. The van der Waals surface area contributed by atoms with Gasteiger partial charge in [-0.15, -0.1) is 0 Å². The first-order chi connectivity index (χ1) is 9.22. The number of hydrogen-bond acceptors (Lipinski definition) is 2. The van der Waals surface area contributed by atoms with Gasteiger partial charge in [0.2, 0.25) is 0 Å². The van der Waals surface area contributed by atoms with Crippen LogP contribution < -0.4 is 10.1 Å². The zero-order valence-electron chi connectivity index (χ0n) is 11.8. The fourth-order valence-electron chi connectivity index (χ4n) is 2.07. The van der Waals surface area contributed by atoms with Crippen molar-refractivity contribution in [2.24, 2.45) is 0 Å². The van der Waals surface area contributed by atoms with Gasteiger partial charge in [-0.1, -0.05) is 36.4 Å². The molecule has 0 heterocycles. The molecule has 2 aromatic carbocycles. The minimum atomic E-state index is 0.506. The van der Waals surface area contributed by atoms with Crippen molar-refractivity contribution in [1.82, 2.24) is 5.32 Å². The van der Waals surface area contributed by atoms with E-state index in [-0.39, 0.29) is 0 Å². The van der Waals surface area contributed by atoms with Crippen LogP contribution in [0.1, 0.15) is 12.5 Å². The van der Waals surface area contributed by atoms with Crippen LogP contribution in [0.25, 0.3) is 11.1 Å². The summed E-state index contributed by atoms with van der Waals surface area (Å²) in [5, 5.41) is 3.26. The van der Waals surface area contributed by atoms with Gasteiger partial charge < -0.3 is 10.1 Å². The summed E-state index contributed by atoms with van der Waals surface area (Å²) in [6, 6.07) is 17.4. The van der Waals surface area contributed by atoms with Crippen LogP contribution in [0.4, 0.5) is 0 Å². The molecule has 2 aromatic rings. The van der Waals surface area contributed by atoms with Crippen molar-refractivity contribution >= 4 is 0 Å². The molecule has 2 rings (SSSR count). The highest BCUT2D eigenvalue weighted by atomic mass is 16.5. The molecule has 0 bridgehead atoms. The summed E-state index contributed by atoms with van der Waals surface area (Å²) in [6.45, 7) is 2.19. The number of benzene rings is 2. The number of hydrogen-bond donors (Lipinski definition) is 1. The van der Waals surface area contributed by atoms with Crippen LogP contribution >= 0.6 is 0 Å². The maximum Gasteiger partial charge on any atom is 0.118 e. The Balaban J connectivity index is 2.12. The molecule has 2 nitrogen and oxygen atoms in total. The van der Waals surface area contributed by atoms with Gasteiger partial charge in [0.15, 0.2) is 0 Å². The van der Waals surface area contributed by atoms with E-state index >= 15 is 0 Å². The molecule has 1 N–H and O–H groups in total. The van der Waals surface area contributed by atoms with Gasteiger partial charge in [-0.25, -0.2) is 0 Å². The largest absolute Gasteiger partial charge is 0.497 e. The van der Waals surface area contributed by atoms with E-state index < -0.39 is 0 Å². The van der Waals surface area contributed by atoms with E-state index in [9.17, 15) is 0 Å². The number of nitrogens with one attached hydrogen (secondary N) is 1. The molecule has 0 amide bonds. The number of methoxy groups -OCH3 is 1. The second-order valence-corrected chi connectivity index (χ2v) is 4.82. The van der Waals surface area contributed by atoms with Crippen molar-refractivity contribution in [2.45, 2.75) is 19.4 Å². The van der Waals surface area contributed by atoms with E-state index in [0.717, 1.165) is 12.2 Å². The summed E-state index contributed by atoms with van der Waals surface area (Å²) in [7, 11) is 3.68. The maximum absolute atomic E-state index is 5.17. The summed E-state index contributed by atoms with van der Waals surface area (Å²) >= 11 is 0. The highest BCUT2D eigenvalue weighted by molar-refractivity contribution is 5.64. The Morgan fingerprint density at radius 3 is 1.95 bits per heavy atom. The van der Waals surface area contributed by atoms with Crippen molar-refractivity contribution in [3.63, 3.8) is 0 Å². The van der Waals surface area contributed by atoms with Gasteiger partial charge in [0, 0.05) is 6.04 Å². The van der Waals surface area contributed by atoms with E-state index in [1.54, 1.807) is 7.11 Å². The fraction of sp³-hybridized carbons (Fsp3) is 0.294. The monoisotopic (exact) mass is 255 g/mol. The normalized spacial score (nSPS) is 12.2. The van der Waals surface area contributed by atoms with Gasteiger partial charge in [0.25, 0.3) is 0 Å². The van der Waals surface area contributed by atoms with Crippen molar-refractivity contribution < 1.29 is 4.74 Å². The van der Waals surface area contributed by atoms with Crippen LogP contribution in [0.5, 0.6) is 5.75 Å². The second kappa shape index (κ2) is 6.39. The van der Waals surface area contributed by atoms with E-state index in [1.165, 1.54) is 16.7 Å². The molecule has 1 atom stereocenters. The highest BCUT2D eigenvalue weighted by Crippen LogP contribution is 2.22. The van der Waals surface area contributed by atoms with Crippen LogP contribution in [0, 0.1) is 0 Å². The molecule has 0 saturated heterocycles. The molecule has 0 fully saturated rings. The van der Waals surface area contributed by atoms with Gasteiger partial charge in [-0.05, 0) is 49.2 Å². The first kappa shape index (κ1) is 13.6. The summed E-state index contributed by atoms with van der Waals surface area (Å²) in [5.41, 5.74) is 3.82. The average molecular weight is 255 g/mol. The molecule has 0 spiro atoms. The smallest absolute Gasteiger partial charge is 0.118 e. The van der Waals surface area contributed by atoms with E-state index in [1.807, 2.05) is 19.2 Å². The molecule has 100 valence electrons. The Bertz CT molecular complexity index is 502. The zero-order valence-corrected chi connectivity index (χ0v) is 11.8. The standard InChI is InChI=1S/C17H21NO/c1-13(18-2)12-14-4-6-15(7-5-14)16-8-10-17(19-3)11-9-16/h4-11,13,18H,12H2,1-3H3. The number of rotatable bonds is 5. The Hall–Kier alpha value is -1.80. The second-order valence-electron chi connectivity index (χ2n) is 4.82. The van der Waals surface area contributed by atoms with Gasteiger partial charge in [-0.3, -0.25) is 0 Å². The molecule has 0 aliphatic carbocycles. The topological polar surface area (TPSA) is 21.3 Å². The highest BCUT2D eigenvalue weighted by Gasteiger charge is 2.02. The lowest BCUT2D eigenvalue weighted by Gasteiger charge is -2.10. The Morgan fingerprint density at radius 2 is 1.47 bits per heavy atom. The SMILES string of the molecule is CNC(C)Cc1ccc(-c2ccc(OC)cc2)cc1. The van der Waals surface area contributed by atoms with Crippen LogP contribution in [0.3, 0.4) is 0 Å². The fourth-order valence-corrected chi connectivity index (χ4v) is 2.07.